The smallest absolute Gasteiger partial charge is 0.110 e. The van der Waals surface area contributed by atoms with Gasteiger partial charge in [-0.15, -0.1) is 0 Å². The quantitative estimate of drug-likeness (QED) is 0.873. The van der Waals surface area contributed by atoms with E-state index in [9.17, 15) is 0 Å². The highest BCUT2D eigenvalue weighted by molar-refractivity contribution is 5.36. The van der Waals surface area contributed by atoms with Gasteiger partial charge in [0, 0.05) is 23.6 Å². The number of nitrogens with zero attached hydrogens (tertiary/aromatic N) is 2. The van der Waals surface area contributed by atoms with Crippen molar-refractivity contribution in [2.75, 3.05) is 0 Å². The van der Waals surface area contributed by atoms with Gasteiger partial charge in [-0.05, 0) is 43.9 Å². The Morgan fingerprint density at radius 1 is 1.29 bits per heavy atom. The van der Waals surface area contributed by atoms with Crippen LogP contribution < -0.4 is 5.73 Å². The van der Waals surface area contributed by atoms with E-state index in [2.05, 4.69) is 33.8 Å². The van der Waals surface area contributed by atoms with Crippen molar-refractivity contribution in [3.8, 4) is 5.69 Å². The van der Waals surface area contributed by atoms with Crippen molar-refractivity contribution in [1.82, 2.24) is 9.55 Å². The number of hydrogen-bond donors (Lipinski definition) is 1. The average Bonchev–Trinajstić information content (AvgIpc) is 2.87. The molecule has 0 atom stereocenters. The van der Waals surface area contributed by atoms with Crippen molar-refractivity contribution in [1.29, 1.82) is 0 Å². The van der Waals surface area contributed by atoms with Gasteiger partial charge in [0.15, 0.2) is 0 Å². The van der Waals surface area contributed by atoms with E-state index in [1.54, 1.807) is 0 Å². The zero-order valence-corrected chi connectivity index (χ0v) is 10.1. The minimum Gasteiger partial charge on any atom is -0.325 e. The molecule has 0 bridgehead atoms. The number of benzene rings is 1. The van der Waals surface area contributed by atoms with Crippen LogP contribution in [-0.4, -0.2) is 15.1 Å². The monoisotopic (exact) mass is 227 g/mol. The van der Waals surface area contributed by atoms with Crippen LogP contribution in [0.25, 0.3) is 5.69 Å². The van der Waals surface area contributed by atoms with Gasteiger partial charge in [0.2, 0.25) is 0 Å². The van der Waals surface area contributed by atoms with Crippen LogP contribution in [0.1, 0.15) is 24.2 Å². The second kappa shape index (κ2) is 3.70. The van der Waals surface area contributed by atoms with Crippen LogP contribution in [0.15, 0.2) is 36.7 Å². The fourth-order valence-electron chi connectivity index (χ4n) is 2.17. The molecule has 0 aliphatic heterocycles. The zero-order chi connectivity index (χ0) is 11.9. The predicted molar refractivity (Wildman–Crippen MR) is 68.2 cm³/mol. The van der Waals surface area contributed by atoms with Crippen LogP contribution >= 0.6 is 0 Å². The highest BCUT2D eigenvalue weighted by atomic mass is 15.1. The molecule has 2 aromatic rings. The first-order valence-corrected chi connectivity index (χ1v) is 6.04. The van der Waals surface area contributed by atoms with Gasteiger partial charge < -0.3 is 10.3 Å². The zero-order valence-electron chi connectivity index (χ0n) is 10.1. The number of rotatable bonds is 3. The van der Waals surface area contributed by atoms with E-state index in [1.165, 1.54) is 5.56 Å². The number of nitrogens with two attached hydrogens (primary N) is 1. The Labute approximate surface area is 101 Å². The largest absolute Gasteiger partial charge is 0.325 e. The summed E-state index contributed by atoms with van der Waals surface area (Å²) < 4.78 is 2.08. The van der Waals surface area contributed by atoms with Crippen LogP contribution in [0.5, 0.6) is 0 Å². The van der Waals surface area contributed by atoms with Crippen molar-refractivity contribution in [3.05, 3.63) is 48.0 Å². The third-order valence-electron chi connectivity index (χ3n) is 3.49. The van der Waals surface area contributed by atoms with Gasteiger partial charge in [-0.3, -0.25) is 0 Å². The molecule has 0 saturated heterocycles. The van der Waals surface area contributed by atoms with Crippen LogP contribution in [0.3, 0.4) is 0 Å². The molecule has 0 spiro atoms. The van der Waals surface area contributed by atoms with Crippen molar-refractivity contribution >= 4 is 0 Å². The normalized spacial score (nSPS) is 17.1. The van der Waals surface area contributed by atoms with Gasteiger partial charge in [0.25, 0.3) is 0 Å². The average molecular weight is 227 g/mol. The number of aryl methyl sites for hydroxylation is 1. The lowest BCUT2D eigenvalue weighted by Gasteiger charge is -2.10. The molecule has 1 aliphatic rings. The molecule has 1 aliphatic carbocycles. The van der Waals surface area contributed by atoms with Gasteiger partial charge >= 0.3 is 0 Å². The summed E-state index contributed by atoms with van der Waals surface area (Å²) in [7, 11) is 0. The summed E-state index contributed by atoms with van der Waals surface area (Å²) in [6.07, 6.45) is 7.12. The van der Waals surface area contributed by atoms with Gasteiger partial charge in [-0.1, -0.05) is 12.1 Å². The number of hydrogen-bond acceptors (Lipinski definition) is 2. The van der Waals surface area contributed by atoms with E-state index < -0.39 is 0 Å². The van der Waals surface area contributed by atoms with E-state index >= 15 is 0 Å². The lowest BCUT2D eigenvalue weighted by atomic mass is 10.0. The molecule has 1 aromatic carbocycles. The Morgan fingerprint density at radius 2 is 2.00 bits per heavy atom. The molecule has 0 amide bonds. The summed E-state index contributed by atoms with van der Waals surface area (Å²) in [6, 6.07) is 8.61. The Bertz CT molecular complexity index is 521. The fourth-order valence-corrected chi connectivity index (χ4v) is 2.17. The fraction of sp³-hybridized carbons (Fsp3) is 0.357. The van der Waals surface area contributed by atoms with E-state index in [0.29, 0.717) is 0 Å². The molecule has 3 heteroatoms. The second-order valence-electron chi connectivity index (χ2n) is 5.05. The first-order chi connectivity index (χ1) is 8.16. The molecule has 2 N–H and O–H groups in total. The van der Waals surface area contributed by atoms with E-state index in [1.807, 2.05) is 19.3 Å². The van der Waals surface area contributed by atoms with Gasteiger partial charge in [-0.2, -0.15) is 0 Å². The summed E-state index contributed by atoms with van der Waals surface area (Å²) in [5.74, 6) is 1.01. The van der Waals surface area contributed by atoms with Crippen LogP contribution in [0.2, 0.25) is 0 Å². The molecule has 0 unspecified atom stereocenters. The minimum atomic E-state index is 0.0897. The summed E-state index contributed by atoms with van der Waals surface area (Å²) >= 11 is 0. The van der Waals surface area contributed by atoms with Gasteiger partial charge in [0.1, 0.15) is 5.82 Å². The second-order valence-corrected chi connectivity index (χ2v) is 5.05. The molecule has 0 radical (unpaired) electrons. The topological polar surface area (TPSA) is 43.8 Å². The SMILES string of the molecule is Cc1nccn1-c1ccc(CC2(N)CC2)cc1. The number of aromatic nitrogens is 2. The molecule has 3 nitrogen and oxygen atoms in total. The minimum absolute atomic E-state index is 0.0897. The highest BCUT2D eigenvalue weighted by Gasteiger charge is 2.37. The Hall–Kier alpha value is -1.61. The Kier molecular flexibility index (Phi) is 2.30. The van der Waals surface area contributed by atoms with Gasteiger partial charge in [0.05, 0.1) is 0 Å². The first-order valence-electron chi connectivity index (χ1n) is 6.04. The molecule has 1 aromatic heterocycles. The molecule has 1 fully saturated rings. The molecular formula is C14H17N3. The van der Waals surface area contributed by atoms with Crippen LogP contribution in [0.4, 0.5) is 0 Å². The van der Waals surface area contributed by atoms with Crippen molar-refractivity contribution < 1.29 is 0 Å². The van der Waals surface area contributed by atoms with Crippen molar-refractivity contribution in [2.45, 2.75) is 31.7 Å². The van der Waals surface area contributed by atoms with Gasteiger partial charge in [-0.25, -0.2) is 4.98 Å². The lowest BCUT2D eigenvalue weighted by Crippen LogP contribution is -2.24. The Balaban J connectivity index is 1.83. The maximum atomic E-state index is 6.12. The standard InChI is InChI=1S/C14H17N3/c1-11-16-8-9-17(11)13-4-2-12(3-5-13)10-14(15)6-7-14/h2-5,8-9H,6-7,10,15H2,1H3. The van der Waals surface area contributed by atoms with Crippen LogP contribution in [-0.2, 0) is 6.42 Å². The molecule has 1 heterocycles. The van der Waals surface area contributed by atoms with Crippen molar-refractivity contribution in [2.24, 2.45) is 5.73 Å². The van der Waals surface area contributed by atoms with E-state index in [-0.39, 0.29) is 5.54 Å². The molecule has 88 valence electrons. The number of imidazole rings is 1. The summed E-state index contributed by atoms with van der Waals surface area (Å²) in [5.41, 5.74) is 8.69. The summed E-state index contributed by atoms with van der Waals surface area (Å²) in [6.45, 7) is 2.01. The maximum Gasteiger partial charge on any atom is 0.110 e. The molecule has 1 saturated carbocycles. The van der Waals surface area contributed by atoms with Crippen molar-refractivity contribution in [3.63, 3.8) is 0 Å². The molecular weight excluding hydrogens is 210 g/mol. The summed E-state index contributed by atoms with van der Waals surface area (Å²) in [5, 5.41) is 0. The third-order valence-corrected chi connectivity index (χ3v) is 3.49. The Morgan fingerprint density at radius 3 is 2.53 bits per heavy atom. The molecule has 17 heavy (non-hydrogen) atoms. The first kappa shape index (κ1) is 10.5. The highest BCUT2D eigenvalue weighted by Crippen LogP contribution is 2.35. The van der Waals surface area contributed by atoms with Crippen LogP contribution in [0, 0.1) is 6.92 Å². The van der Waals surface area contributed by atoms with E-state index in [4.69, 9.17) is 5.73 Å². The van der Waals surface area contributed by atoms with E-state index in [0.717, 1.165) is 30.8 Å². The predicted octanol–water partition coefficient (Wildman–Crippen LogP) is 2.21. The lowest BCUT2D eigenvalue weighted by molar-refractivity contribution is 0.672. The maximum absolute atomic E-state index is 6.12. The third kappa shape index (κ3) is 2.11. The molecule has 3 rings (SSSR count). The summed E-state index contributed by atoms with van der Waals surface area (Å²) in [4.78, 5) is 4.23.